The Morgan fingerprint density at radius 3 is 2.69 bits per heavy atom. The molecule has 0 spiro atoms. The average molecular weight is 488 g/mol. The van der Waals surface area contributed by atoms with E-state index in [0.29, 0.717) is 50.6 Å². The minimum atomic E-state index is -4.60. The first kappa shape index (κ1) is 24.9. The van der Waals surface area contributed by atoms with Gasteiger partial charge in [-0.2, -0.15) is 18.4 Å². The number of alkyl halides is 3. The van der Waals surface area contributed by atoms with Crippen LogP contribution in [0.1, 0.15) is 23.1 Å². The van der Waals surface area contributed by atoms with Crippen molar-refractivity contribution in [2.24, 2.45) is 11.3 Å². The lowest BCUT2D eigenvalue weighted by molar-refractivity contribution is -0.137. The van der Waals surface area contributed by atoms with E-state index in [9.17, 15) is 18.0 Å². The standard InChI is InChI=1S/C26H28F3N3O3/c1-34-17-25-8-9-31(21-7-6-19(13-30)23(12-21)26(27,28)29)14-20(25)15-32(16-25)24(33)11-18-4-3-5-22(10-18)35-2/h3-7,10,12,20H,8-9,11,14-17H2,1-2H3/t20-,25+/m1/s1. The molecule has 2 aromatic rings. The van der Waals surface area contributed by atoms with Gasteiger partial charge in [-0.05, 0) is 42.3 Å². The van der Waals surface area contributed by atoms with Gasteiger partial charge in [0.15, 0.2) is 0 Å². The topological polar surface area (TPSA) is 65.8 Å². The molecule has 4 rings (SSSR count). The van der Waals surface area contributed by atoms with Crippen LogP contribution in [0.4, 0.5) is 18.9 Å². The number of ether oxygens (including phenoxy) is 2. The van der Waals surface area contributed by atoms with Gasteiger partial charge >= 0.3 is 6.18 Å². The lowest BCUT2D eigenvalue weighted by Gasteiger charge is -2.44. The maximum atomic E-state index is 13.5. The Bertz CT molecular complexity index is 1130. The lowest BCUT2D eigenvalue weighted by Crippen LogP contribution is -2.49. The number of fused-ring (bicyclic) bond motifs is 1. The second-order valence-electron chi connectivity index (χ2n) is 9.33. The molecule has 2 aromatic carbocycles. The number of piperidine rings is 1. The zero-order valence-corrected chi connectivity index (χ0v) is 19.8. The van der Waals surface area contributed by atoms with E-state index in [1.54, 1.807) is 26.4 Å². The SMILES string of the molecule is COC[C@@]12CCN(c3ccc(C#N)c(C(F)(F)F)c3)C[C@@H]1CN(C(=O)Cc1cccc(OC)c1)C2. The Balaban J connectivity index is 1.52. The molecule has 186 valence electrons. The van der Waals surface area contributed by atoms with Crippen molar-refractivity contribution in [3.63, 3.8) is 0 Å². The highest BCUT2D eigenvalue weighted by atomic mass is 19.4. The second-order valence-corrected chi connectivity index (χ2v) is 9.33. The zero-order chi connectivity index (χ0) is 25.2. The fraction of sp³-hybridized carbons (Fsp3) is 0.462. The molecule has 2 saturated heterocycles. The summed E-state index contributed by atoms with van der Waals surface area (Å²) in [5.41, 5.74) is -0.253. The van der Waals surface area contributed by atoms with Gasteiger partial charge in [-0.3, -0.25) is 4.79 Å². The number of carbonyl (C=O) groups is 1. The van der Waals surface area contributed by atoms with E-state index in [4.69, 9.17) is 14.7 Å². The van der Waals surface area contributed by atoms with E-state index < -0.39 is 11.7 Å². The molecule has 0 bridgehead atoms. The molecule has 2 heterocycles. The van der Waals surface area contributed by atoms with Crippen LogP contribution in [0, 0.1) is 22.7 Å². The highest BCUT2D eigenvalue weighted by Crippen LogP contribution is 2.45. The van der Waals surface area contributed by atoms with Gasteiger partial charge in [0, 0.05) is 50.3 Å². The number of methoxy groups -OCH3 is 2. The van der Waals surface area contributed by atoms with Crippen LogP contribution in [0.3, 0.4) is 0 Å². The molecule has 0 aromatic heterocycles. The predicted molar refractivity (Wildman–Crippen MR) is 124 cm³/mol. The van der Waals surface area contributed by atoms with E-state index in [1.165, 1.54) is 6.07 Å². The van der Waals surface area contributed by atoms with Crippen molar-refractivity contribution in [2.75, 3.05) is 51.9 Å². The van der Waals surface area contributed by atoms with Crippen molar-refractivity contribution in [2.45, 2.75) is 19.0 Å². The van der Waals surface area contributed by atoms with E-state index in [-0.39, 0.29) is 29.2 Å². The van der Waals surface area contributed by atoms with Crippen LogP contribution in [-0.4, -0.2) is 57.8 Å². The summed E-state index contributed by atoms with van der Waals surface area (Å²) in [6.45, 7) is 2.61. The largest absolute Gasteiger partial charge is 0.497 e. The molecular weight excluding hydrogens is 459 g/mol. The van der Waals surface area contributed by atoms with Gasteiger partial charge in [-0.1, -0.05) is 12.1 Å². The number of anilines is 1. The molecule has 0 aliphatic carbocycles. The maximum Gasteiger partial charge on any atom is 0.417 e. The third kappa shape index (κ3) is 5.08. The minimum absolute atomic E-state index is 0.00686. The van der Waals surface area contributed by atoms with Crippen molar-refractivity contribution in [3.8, 4) is 11.8 Å². The normalized spacial score (nSPS) is 22.0. The van der Waals surface area contributed by atoms with Gasteiger partial charge in [0.25, 0.3) is 0 Å². The number of benzene rings is 2. The lowest BCUT2D eigenvalue weighted by atomic mass is 9.73. The van der Waals surface area contributed by atoms with E-state index in [2.05, 4.69) is 0 Å². The molecule has 0 radical (unpaired) electrons. The van der Waals surface area contributed by atoms with E-state index in [0.717, 1.165) is 11.6 Å². The number of nitriles is 1. The third-order valence-electron chi connectivity index (χ3n) is 7.20. The maximum absolute atomic E-state index is 13.5. The van der Waals surface area contributed by atoms with Crippen molar-refractivity contribution in [1.29, 1.82) is 5.26 Å². The third-order valence-corrected chi connectivity index (χ3v) is 7.20. The van der Waals surface area contributed by atoms with Crippen molar-refractivity contribution in [3.05, 3.63) is 59.2 Å². The van der Waals surface area contributed by atoms with Gasteiger partial charge in [-0.15, -0.1) is 0 Å². The number of hydrogen-bond donors (Lipinski definition) is 0. The van der Waals surface area contributed by atoms with Crippen LogP contribution in [0.25, 0.3) is 0 Å². The highest BCUT2D eigenvalue weighted by Gasteiger charge is 2.50. The van der Waals surface area contributed by atoms with Crippen molar-refractivity contribution >= 4 is 11.6 Å². The Morgan fingerprint density at radius 1 is 1.20 bits per heavy atom. The van der Waals surface area contributed by atoms with Crippen LogP contribution in [0.2, 0.25) is 0 Å². The molecule has 2 aliphatic rings. The Kier molecular flexibility index (Phi) is 6.95. The zero-order valence-electron chi connectivity index (χ0n) is 19.8. The van der Waals surface area contributed by atoms with Gasteiger partial charge in [0.05, 0.1) is 37.3 Å². The van der Waals surface area contributed by atoms with Crippen LogP contribution in [-0.2, 0) is 22.1 Å². The van der Waals surface area contributed by atoms with Gasteiger partial charge in [0.1, 0.15) is 5.75 Å². The molecule has 0 unspecified atom stereocenters. The molecular formula is C26H28F3N3O3. The molecule has 35 heavy (non-hydrogen) atoms. The molecule has 2 fully saturated rings. The number of amides is 1. The summed E-state index contributed by atoms with van der Waals surface area (Å²) < 4.78 is 51.3. The Hall–Kier alpha value is -3.25. The van der Waals surface area contributed by atoms with Crippen molar-refractivity contribution in [1.82, 2.24) is 4.90 Å². The smallest absolute Gasteiger partial charge is 0.417 e. The van der Waals surface area contributed by atoms with Gasteiger partial charge in [0.2, 0.25) is 5.91 Å². The first-order chi connectivity index (χ1) is 16.7. The second kappa shape index (κ2) is 9.78. The van der Waals surface area contributed by atoms with Crippen LogP contribution in [0.5, 0.6) is 5.75 Å². The Labute approximate surface area is 202 Å². The summed E-state index contributed by atoms with van der Waals surface area (Å²) in [4.78, 5) is 16.9. The first-order valence-electron chi connectivity index (χ1n) is 11.4. The molecule has 9 heteroatoms. The number of likely N-dealkylation sites (tertiary alicyclic amines) is 1. The average Bonchev–Trinajstić information content (AvgIpc) is 3.22. The molecule has 0 saturated carbocycles. The fourth-order valence-corrected chi connectivity index (χ4v) is 5.36. The molecule has 6 nitrogen and oxygen atoms in total. The monoisotopic (exact) mass is 487 g/mol. The number of rotatable bonds is 6. The summed E-state index contributed by atoms with van der Waals surface area (Å²) in [7, 11) is 3.22. The van der Waals surface area contributed by atoms with Crippen LogP contribution >= 0.6 is 0 Å². The quantitative estimate of drug-likeness (QED) is 0.613. The molecule has 1 amide bonds. The number of nitrogens with zero attached hydrogens (tertiary/aromatic N) is 3. The van der Waals surface area contributed by atoms with Crippen LogP contribution in [0.15, 0.2) is 42.5 Å². The minimum Gasteiger partial charge on any atom is -0.497 e. The number of halogens is 3. The molecule has 2 aliphatic heterocycles. The molecule has 2 atom stereocenters. The number of carbonyl (C=O) groups excluding carboxylic acids is 1. The molecule has 0 N–H and O–H groups in total. The van der Waals surface area contributed by atoms with E-state index >= 15 is 0 Å². The summed E-state index contributed by atoms with van der Waals surface area (Å²) in [5, 5.41) is 9.09. The first-order valence-corrected chi connectivity index (χ1v) is 11.4. The van der Waals surface area contributed by atoms with Gasteiger partial charge < -0.3 is 19.3 Å². The van der Waals surface area contributed by atoms with E-state index in [1.807, 2.05) is 34.1 Å². The Morgan fingerprint density at radius 2 is 2.00 bits per heavy atom. The summed E-state index contributed by atoms with van der Waals surface area (Å²) in [5.74, 6) is 0.750. The van der Waals surface area contributed by atoms with Gasteiger partial charge in [-0.25, -0.2) is 0 Å². The van der Waals surface area contributed by atoms with Crippen LogP contribution < -0.4 is 9.64 Å². The van der Waals surface area contributed by atoms with Crippen molar-refractivity contribution < 1.29 is 27.4 Å². The summed E-state index contributed by atoms with van der Waals surface area (Å²) in [6, 6.07) is 12.9. The number of hydrogen-bond acceptors (Lipinski definition) is 5. The summed E-state index contributed by atoms with van der Waals surface area (Å²) in [6.07, 6.45) is -3.66. The fourth-order valence-electron chi connectivity index (χ4n) is 5.36. The predicted octanol–water partition coefficient (Wildman–Crippen LogP) is 4.13. The highest BCUT2D eigenvalue weighted by molar-refractivity contribution is 5.79. The summed E-state index contributed by atoms with van der Waals surface area (Å²) >= 11 is 0.